The monoisotopic (exact) mass is 410 g/mol. The third kappa shape index (κ3) is 3.85. The molecule has 0 unspecified atom stereocenters. The third-order valence-corrected chi connectivity index (χ3v) is 7.31. The first-order valence-corrected chi connectivity index (χ1v) is 11.1. The molecule has 2 aromatic rings. The van der Waals surface area contributed by atoms with Crippen molar-refractivity contribution < 1.29 is 9.53 Å². The van der Waals surface area contributed by atoms with Crippen molar-refractivity contribution >= 4 is 5.91 Å². The van der Waals surface area contributed by atoms with E-state index in [9.17, 15) is 4.79 Å². The normalized spacial score (nSPS) is 25.1. The molecule has 0 bridgehead atoms. The molecule has 1 aromatic carbocycles. The van der Waals surface area contributed by atoms with Gasteiger partial charge >= 0.3 is 0 Å². The van der Waals surface area contributed by atoms with Crippen LogP contribution in [-0.2, 0) is 24.9 Å². The Balaban J connectivity index is 1.59. The quantitative estimate of drug-likeness (QED) is 0.755. The van der Waals surface area contributed by atoms with Crippen LogP contribution in [0.5, 0.6) is 5.75 Å². The van der Waals surface area contributed by atoms with Gasteiger partial charge < -0.3 is 9.64 Å². The van der Waals surface area contributed by atoms with E-state index in [1.807, 2.05) is 30.1 Å². The van der Waals surface area contributed by atoms with Crippen LogP contribution in [0.3, 0.4) is 0 Å². The molecule has 0 aliphatic carbocycles. The van der Waals surface area contributed by atoms with Crippen LogP contribution in [0.4, 0.5) is 0 Å². The Hall–Kier alpha value is -2.34. The van der Waals surface area contributed by atoms with Gasteiger partial charge in [0.15, 0.2) is 0 Å². The van der Waals surface area contributed by atoms with Crippen molar-refractivity contribution in [2.45, 2.75) is 70.6 Å². The fraction of sp³-hybridized carbons (Fsp3) is 0.583. The Morgan fingerprint density at radius 1 is 1.20 bits per heavy atom. The van der Waals surface area contributed by atoms with Crippen LogP contribution in [0.2, 0.25) is 0 Å². The summed E-state index contributed by atoms with van der Waals surface area (Å²) >= 11 is 0. The maximum Gasteiger partial charge on any atom is 0.223 e. The van der Waals surface area contributed by atoms with Gasteiger partial charge in [-0.3, -0.25) is 14.4 Å². The molecule has 2 aliphatic heterocycles. The van der Waals surface area contributed by atoms with Crippen molar-refractivity contribution in [3.63, 3.8) is 0 Å². The number of nitrogens with zero attached hydrogens (tertiary/aromatic N) is 4. The molecule has 0 N–H and O–H groups in total. The molecule has 1 amide bonds. The van der Waals surface area contributed by atoms with Crippen LogP contribution in [0, 0.1) is 6.92 Å². The number of likely N-dealkylation sites (tertiary alicyclic amines) is 2. The molecule has 6 nitrogen and oxygen atoms in total. The van der Waals surface area contributed by atoms with Crippen LogP contribution >= 0.6 is 0 Å². The van der Waals surface area contributed by atoms with E-state index in [4.69, 9.17) is 4.74 Å². The zero-order valence-electron chi connectivity index (χ0n) is 18.7. The van der Waals surface area contributed by atoms with E-state index in [2.05, 4.69) is 40.9 Å². The Morgan fingerprint density at radius 3 is 2.63 bits per heavy atom. The number of hydrogen-bond donors (Lipinski definition) is 0. The Labute approximate surface area is 179 Å². The highest BCUT2D eigenvalue weighted by molar-refractivity contribution is 5.77. The molecule has 0 radical (unpaired) electrons. The summed E-state index contributed by atoms with van der Waals surface area (Å²) in [6.07, 6.45) is 6.89. The Morgan fingerprint density at radius 2 is 1.97 bits per heavy atom. The minimum atomic E-state index is -0.145. The molecule has 0 saturated carbocycles. The summed E-state index contributed by atoms with van der Waals surface area (Å²) in [7, 11) is 3.68. The molecule has 2 atom stereocenters. The number of amides is 1. The predicted molar refractivity (Wildman–Crippen MR) is 117 cm³/mol. The first-order chi connectivity index (χ1) is 14.4. The number of fused-ring (bicyclic) bond motifs is 1. The highest BCUT2D eigenvalue weighted by Crippen LogP contribution is 2.40. The summed E-state index contributed by atoms with van der Waals surface area (Å²) in [5, 5.41) is 4.43. The summed E-state index contributed by atoms with van der Waals surface area (Å²) in [5.41, 5.74) is 3.52. The topological polar surface area (TPSA) is 50.6 Å². The fourth-order valence-corrected chi connectivity index (χ4v) is 5.22. The van der Waals surface area contributed by atoms with Gasteiger partial charge in [-0.1, -0.05) is 18.6 Å². The SMILES string of the molecule is COc1ccc(CN2C(=O)CCCC[C@H]3N(Cc4cnn(C)c4C)CC[C@]32C)cc1. The van der Waals surface area contributed by atoms with E-state index in [-0.39, 0.29) is 11.4 Å². The van der Waals surface area contributed by atoms with Gasteiger partial charge in [0.1, 0.15) is 5.75 Å². The number of carbonyl (C=O) groups excluding carboxylic acids is 1. The van der Waals surface area contributed by atoms with E-state index in [0.29, 0.717) is 19.0 Å². The number of aryl methyl sites for hydroxylation is 1. The molecule has 4 rings (SSSR count). The molecule has 3 heterocycles. The first kappa shape index (κ1) is 20.9. The van der Waals surface area contributed by atoms with Crippen LogP contribution in [0.25, 0.3) is 0 Å². The zero-order valence-corrected chi connectivity index (χ0v) is 18.7. The van der Waals surface area contributed by atoms with Gasteiger partial charge in [0.2, 0.25) is 5.91 Å². The van der Waals surface area contributed by atoms with Gasteiger partial charge in [-0.25, -0.2) is 0 Å². The molecule has 0 spiro atoms. The highest BCUT2D eigenvalue weighted by Gasteiger charge is 2.49. The number of benzene rings is 1. The van der Waals surface area contributed by atoms with Crippen LogP contribution in [0.15, 0.2) is 30.5 Å². The predicted octanol–water partition coefficient (Wildman–Crippen LogP) is 3.67. The summed E-state index contributed by atoms with van der Waals surface area (Å²) in [5.74, 6) is 1.14. The fourth-order valence-electron chi connectivity index (χ4n) is 5.22. The highest BCUT2D eigenvalue weighted by atomic mass is 16.5. The number of ether oxygens (including phenoxy) is 1. The lowest BCUT2D eigenvalue weighted by molar-refractivity contribution is -0.140. The van der Waals surface area contributed by atoms with Crippen molar-refractivity contribution in [2.75, 3.05) is 13.7 Å². The molecular weight excluding hydrogens is 376 g/mol. The summed E-state index contributed by atoms with van der Waals surface area (Å²) in [6.45, 7) is 7.03. The van der Waals surface area contributed by atoms with Gasteiger partial charge in [0, 0.05) is 50.4 Å². The van der Waals surface area contributed by atoms with E-state index in [1.54, 1.807) is 7.11 Å². The smallest absolute Gasteiger partial charge is 0.223 e. The minimum Gasteiger partial charge on any atom is -0.497 e. The van der Waals surface area contributed by atoms with Gasteiger partial charge in [-0.2, -0.15) is 5.10 Å². The maximum atomic E-state index is 13.2. The Kier molecular flexibility index (Phi) is 5.87. The lowest BCUT2D eigenvalue weighted by Gasteiger charge is -2.46. The summed E-state index contributed by atoms with van der Waals surface area (Å²) < 4.78 is 7.24. The van der Waals surface area contributed by atoms with Gasteiger partial charge in [-0.15, -0.1) is 0 Å². The number of aromatic nitrogens is 2. The summed E-state index contributed by atoms with van der Waals surface area (Å²) in [6, 6.07) is 8.50. The molecule has 30 heavy (non-hydrogen) atoms. The number of carbonyl (C=O) groups is 1. The van der Waals surface area contributed by atoms with Crippen molar-refractivity contribution in [2.24, 2.45) is 7.05 Å². The lowest BCUT2D eigenvalue weighted by atomic mass is 9.84. The maximum absolute atomic E-state index is 13.2. The standard InChI is InChI=1S/C24H34N4O2/c1-18-20(15-25-26(18)3)17-27-14-13-24(2)22(27)7-5-6-8-23(29)28(24)16-19-9-11-21(30-4)12-10-19/h9-12,15,22H,5-8,13-14,16-17H2,1-4H3/t22-,24-/m1/s1. The molecule has 162 valence electrons. The number of hydrogen-bond acceptors (Lipinski definition) is 4. The lowest BCUT2D eigenvalue weighted by Crippen LogP contribution is -2.57. The number of methoxy groups -OCH3 is 1. The van der Waals surface area contributed by atoms with Crippen molar-refractivity contribution in [1.29, 1.82) is 0 Å². The first-order valence-electron chi connectivity index (χ1n) is 11.1. The second-order valence-corrected chi connectivity index (χ2v) is 9.05. The second-order valence-electron chi connectivity index (χ2n) is 9.05. The van der Waals surface area contributed by atoms with Crippen molar-refractivity contribution in [3.05, 3.63) is 47.3 Å². The minimum absolute atomic E-state index is 0.145. The Bertz CT molecular complexity index is 891. The second kappa shape index (κ2) is 8.42. The van der Waals surface area contributed by atoms with E-state index < -0.39 is 0 Å². The summed E-state index contributed by atoms with van der Waals surface area (Å²) in [4.78, 5) is 18.0. The van der Waals surface area contributed by atoms with E-state index >= 15 is 0 Å². The third-order valence-electron chi connectivity index (χ3n) is 7.31. The van der Waals surface area contributed by atoms with Crippen molar-refractivity contribution in [1.82, 2.24) is 19.6 Å². The van der Waals surface area contributed by atoms with E-state index in [1.165, 1.54) is 11.3 Å². The molecular formula is C24H34N4O2. The average molecular weight is 411 g/mol. The largest absolute Gasteiger partial charge is 0.497 e. The van der Waals surface area contributed by atoms with E-state index in [0.717, 1.165) is 50.1 Å². The molecule has 1 aromatic heterocycles. The van der Waals surface area contributed by atoms with Crippen molar-refractivity contribution in [3.8, 4) is 5.75 Å². The van der Waals surface area contributed by atoms with Crippen LogP contribution in [0.1, 0.15) is 55.8 Å². The van der Waals surface area contributed by atoms with Crippen LogP contribution in [-0.4, -0.2) is 50.7 Å². The zero-order chi connectivity index (χ0) is 21.3. The molecule has 2 saturated heterocycles. The van der Waals surface area contributed by atoms with Gasteiger partial charge in [-0.05, 0) is 50.8 Å². The van der Waals surface area contributed by atoms with Crippen LogP contribution < -0.4 is 4.74 Å². The number of rotatable bonds is 5. The molecule has 2 fully saturated rings. The van der Waals surface area contributed by atoms with Gasteiger partial charge in [0.05, 0.1) is 18.8 Å². The molecule has 2 aliphatic rings. The molecule has 6 heteroatoms. The van der Waals surface area contributed by atoms with Gasteiger partial charge in [0.25, 0.3) is 0 Å². The average Bonchev–Trinajstić information content (AvgIpc) is 3.23.